The van der Waals surface area contributed by atoms with Crippen LogP contribution in [0.4, 0.5) is 0 Å². The van der Waals surface area contributed by atoms with E-state index >= 15 is 0 Å². The summed E-state index contributed by atoms with van der Waals surface area (Å²) < 4.78 is 0. The number of Topliss-reactive ketones (excluding diaryl/α,β-unsaturated/α-hetero) is 1. The van der Waals surface area contributed by atoms with Gasteiger partial charge in [0.25, 0.3) is 0 Å². The molecule has 5 aromatic heterocycles. The van der Waals surface area contributed by atoms with Gasteiger partial charge in [-0.25, -0.2) is 0 Å². The maximum atomic E-state index is 11.5. The normalized spacial score (nSPS) is 11.3. The number of hydrogen-bond donors (Lipinski definition) is 3. The third-order valence-electron chi connectivity index (χ3n) is 21.2. The van der Waals surface area contributed by atoms with E-state index in [1.54, 1.807) is 12.1 Å². The standard InChI is InChI=1S/2C21H22N.C18H14N.C17H14N.C12H10N.C11H12O2.2C11H20O2.4Ir/c1-14(2)10-17-6-5-7-21-19(17)8-9-20(22-21)18-12-15(3)11-16(4)13-18;1-14(2)9-17-13-21(18-11-15(3)10-16(4)12-18)22-20-8-6-5-7-19(17)20;1-14-12-18(16-10-6-3-7-11-16)19-13-17(14)15-8-4-2-5-9-15;1-12-9-13(2)11-15(10-12)17-8-7-14-5-3-4-6-16(14)18-17;1-10-7-8-13-12(9-10)11-5-3-2-4-6-11;1-8(12)11(9(2)13)10-6-4-3-5-7-10;2*1-10(2,3)8(12)7-9(13)11(4,5)6;;;;/h5-9,11-12,14H,10H2,1-4H3;5-8,10-11,13-14H,9H2,1-4H3;2-10,12-13H,1H3;3-10H,1-2H3;2-5,7-9H,1H3;3-7,12H,1-2H3;2*7,12H,1-6H3;;;;/q5*-1;;;;;;;/b;;;;;11-8+;;;;;;. The topological polar surface area (TPSA) is 176 Å². The van der Waals surface area contributed by atoms with Crippen LogP contribution in [-0.2, 0) is 108 Å². The summed E-state index contributed by atoms with van der Waals surface area (Å²) in [5.41, 5.74) is 27.9. The number of allylic oxidation sites excluding steroid dienone is 6. The van der Waals surface area contributed by atoms with Crippen LogP contribution in [0.25, 0.3) is 106 Å². The van der Waals surface area contributed by atoms with Crippen molar-refractivity contribution < 1.29 is 110 Å². The summed E-state index contributed by atoms with van der Waals surface area (Å²) in [7, 11) is 0. The number of aliphatic hydroxyl groups excluding tert-OH is 3. The van der Waals surface area contributed by atoms with Crippen LogP contribution in [0.1, 0.15) is 186 Å². The Morgan fingerprint density at radius 1 is 0.365 bits per heavy atom. The first-order valence-electron chi connectivity index (χ1n) is 45.6. The molecule has 10 aromatic carbocycles. The number of rotatable bonds is 14. The first-order chi connectivity index (χ1) is 62.7. The number of carbonyl (C=O) groups is 3. The number of ketones is 3. The zero-order chi connectivity index (χ0) is 97.7. The number of pyridine rings is 5. The van der Waals surface area contributed by atoms with Gasteiger partial charge in [-0.1, -0.05) is 310 Å². The van der Waals surface area contributed by atoms with Crippen molar-refractivity contribution >= 4 is 55.6 Å². The van der Waals surface area contributed by atoms with E-state index in [4.69, 9.17) is 15.0 Å². The van der Waals surface area contributed by atoms with E-state index in [1.807, 2.05) is 205 Å². The molecule has 15 aromatic rings. The van der Waals surface area contributed by atoms with Crippen LogP contribution in [0.5, 0.6) is 0 Å². The number of carbonyl (C=O) groups excluding carboxylic acids is 3. The second-order valence-electron chi connectivity index (χ2n) is 38.9. The fourth-order valence-corrected chi connectivity index (χ4v) is 14.1. The molecule has 137 heavy (non-hydrogen) atoms. The third kappa shape index (κ3) is 38.3. The van der Waals surface area contributed by atoms with E-state index < -0.39 is 10.8 Å². The first-order valence-corrected chi connectivity index (χ1v) is 45.6. The van der Waals surface area contributed by atoms with Crippen LogP contribution < -0.4 is 0 Å². The second-order valence-corrected chi connectivity index (χ2v) is 38.9. The molecule has 15 heteroatoms. The van der Waals surface area contributed by atoms with Gasteiger partial charge in [-0.15, -0.1) is 176 Å². The Labute approximate surface area is 871 Å². The fourth-order valence-electron chi connectivity index (χ4n) is 14.1. The van der Waals surface area contributed by atoms with Crippen LogP contribution in [0.15, 0.2) is 303 Å². The number of fused-ring (bicyclic) bond motifs is 3. The molecule has 0 aliphatic heterocycles. The van der Waals surface area contributed by atoms with Gasteiger partial charge in [0.2, 0.25) is 0 Å². The molecule has 15 rings (SSSR count). The Morgan fingerprint density at radius 3 is 1.21 bits per heavy atom. The minimum absolute atomic E-state index is 0. The summed E-state index contributed by atoms with van der Waals surface area (Å²) in [6.07, 6.45) is 8.60. The van der Waals surface area contributed by atoms with Crippen LogP contribution in [0.2, 0.25) is 0 Å². The van der Waals surface area contributed by atoms with Gasteiger partial charge in [0.1, 0.15) is 17.3 Å². The van der Waals surface area contributed by atoms with Crippen molar-refractivity contribution in [1.82, 2.24) is 24.9 Å². The summed E-state index contributed by atoms with van der Waals surface area (Å²) in [6.45, 7) is 51.0. The molecule has 0 aliphatic rings. The quantitative estimate of drug-likeness (QED) is 0.0536. The number of para-hydroxylation sites is 2. The molecule has 0 amide bonds. The fraction of sp³-hybridized carbons (Fsp3) is 0.279. The number of aryl methyl sites for hydroxylation is 8. The van der Waals surface area contributed by atoms with Crippen LogP contribution in [0.3, 0.4) is 0 Å². The predicted octanol–water partition coefficient (Wildman–Crippen LogP) is 31.5. The first kappa shape index (κ1) is 118. The number of benzene rings is 10. The molecular weight excluding hydrogens is 2400 g/mol. The van der Waals surface area contributed by atoms with E-state index in [9.17, 15) is 29.7 Å². The van der Waals surface area contributed by atoms with Gasteiger partial charge in [-0.2, -0.15) is 0 Å². The summed E-state index contributed by atoms with van der Waals surface area (Å²) in [6, 6.07) is 105. The van der Waals surface area contributed by atoms with Gasteiger partial charge in [0.05, 0.1) is 22.1 Å². The summed E-state index contributed by atoms with van der Waals surface area (Å²) in [5.74, 6) is 1.43. The summed E-state index contributed by atoms with van der Waals surface area (Å²) in [4.78, 5) is 57.4. The molecule has 0 saturated carbocycles. The van der Waals surface area contributed by atoms with Gasteiger partial charge < -0.3 is 25.3 Å². The number of aliphatic hydroxyl groups is 3. The predicted molar refractivity (Wildman–Crippen MR) is 557 cm³/mol. The van der Waals surface area contributed by atoms with Gasteiger partial charge in [-0.3, -0.25) is 29.3 Å². The molecule has 0 spiro atoms. The monoisotopic (exact) mass is 2540 g/mol. The van der Waals surface area contributed by atoms with Crippen molar-refractivity contribution in [1.29, 1.82) is 0 Å². The molecule has 5 heterocycles. The van der Waals surface area contributed by atoms with Crippen LogP contribution in [0, 0.1) is 119 Å². The molecule has 0 fully saturated rings. The molecule has 0 saturated heterocycles. The van der Waals surface area contributed by atoms with Gasteiger partial charge in [0.15, 0.2) is 17.3 Å². The van der Waals surface area contributed by atoms with Crippen molar-refractivity contribution in [2.24, 2.45) is 33.5 Å². The largest absolute Gasteiger partial charge is 0.512 e. The van der Waals surface area contributed by atoms with E-state index in [0.29, 0.717) is 17.4 Å². The number of aromatic nitrogens is 5. The smallest absolute Gasteiger partial charge is 0.164 e. The number of nitrogens with zero attached hydrogens (tertiary/aromatic N) is 5. The minimum atomic E-state index is -0.417. The van der Waals surface area contributed by atoms with Crippen LogP contribution >= 0.6 is 0 Å². The van der Waals surface area contributed by atoms with E-state index in [-0.39, 0.29) is 126 Å². The average molecular weight is 2540 g/mol. The Kier molecular flexibility index (Phi) is 47.9. The number of hydrogen-bond acceptors (Lipinski definition) is 11. The molecular formula is C122H134Ir4N5O6-5. The zero-order valence-corrected chi connectivity index (χ0v) is 93.9. The summed E-state index contributed by atoms with van der Waals surface area (Å²) >= 11 is 0. The van der Waals surface area contributed by atoms with Crippen molar-refractivity contribution in [2.45, 2.75) is 193 Å². The molecule has 0 atom stereocenters. The van der Waals surface area contributed by atoms with E-state index in [0.717, 1.165) is 108 Å². The minimum Gasteiger partial charge on any atom is -0.512 e. The SMILES string of the molecule is CC(=O)/C(=C(/C)O)c1ccccc1.CC(C)(C)C(=O)C=C(O)C(C)(C)C.CC(C)(C)C(=O)C=C(O)C(C)(C)C.Cc1[c-]c(-c2cc(CC(C)C)c3ccccc3n2)cc(C)c1.Cc1[c-]c(-c2ccc3c(CC(C)C)cccc3n2)cc(C)c1.Cc1[c-]c(-c2ccc3ccccc3n2)cc(C)c1.Cc1cc(-c2[c-]cccc2)ncc1-c1ccccc1.Cc1ccnc(-c2[c-]cccc2)c1.[Ir].[Ir].[Ir].[Ir]. The molecule has 0 unspecified atom stereocenters. The van der Waals surface area contributed by atoms with Crippen molar-refractivity contribution in [3.63, 3.8) is 0 Å². The van der Waals surface area contributed by atoms with Crippen LogP contribution in [-0.4, -0.2) is 57.6 Å². The maximum Gasteiger partial charge on any atom is 0.164 e. The Hall–Kier alpha value is -11.0. The second kappa shape index (κ2) is 55.5. The van der Waals surface area contributed by atoms with Crippen molar-refractivity contribution in [3.05, 3.63) is 394 Å². The molecule has 4 radical (unpaired) electrons. The zero-order valence-electron chi connectivity index (χ0n) is 84.3. The molecule has 0 bridgehead atoms. The van der Waals surface area contributed by atoms with E-state index in [2.05, 4.69) is 263 Å². The van der Waals surface area contributed by atoms with Gasteiger partial charge in [0, 0.05) is 143 Å². The average Bonchev–Trinajstić information content (AvgIpc) is 0.796. The molecule has 11 nitrogen and oxygen atoms in total. The molecule has 3 N–H and O–H groups in total. The maximum absolute atomic E-state index is 11.5. The van der Waals surface area contributed by atoms with E-state index in [1.165, 1.54) is 92.2 Å². The molecule has 724 valence electrons. The van der Waals surface area contributed by atoms with Crippen molar-refractivity contribution in [3.8, 4) is 67.4 Å². The Balaban J connectivity index is 0.000000329. The Bertz CT molecular complexity index is 6390. The Morgan fingerprint density at radius 2 is 0.774 bits per heavy atom. The van der Waals surface area contributed by atoms with Crippen molar-refractivity contribution in [2.75, 3.05) is 0 Å². The van der Waals surface area contributed by atoms with Gasteiger partial charge >= 0.3 is 0 Å². The third-order valence-corrected chi connectivity index (χ3v) is 21.2. The van der Waals surface area contributed by atoms with Gasteiger partial charge in [-0.05, 0) is 138 Å². The summed E-state index contributed by atoms with van der Waals surface area (Å²) in [5, 5.41) is 32.1. The molecule has 0 aliphatic carbocycles.